The number of allylic oxidation sites excluding steroid dienone is 2. The Morgan fingerprint density at radius 1 is 1.15 bits per heavy atom. The Labute approximate surface area is 163 Å². The average molecular weight is 383 g/mol. The van der Waals surface area contributed by atoms with Gasteiger partial charge in [-0.3, -0.25) is 14.4 Å². The third kappa shape index (κ3) is 8.52. The summed E-state index contributed by atoms with van der Waals surface area (Å²) >= 11 is 4.60. The van der Waals surface area contributed by atoms with Gasteiger partial charge in [0, 0.05) is 36.9 Å². The van der Waals surface area contributed by atoms with E-state index in [0.29, 0.717) is 37.9 Å². The van der Waals surface area contributed by atoms with Gasteiger partial charge in [0.05, 0.1) is 7.11 Å². The van der Waals surface area contributed by atoms with E-state index in [2.05, 4.69) is 24.3 Å². The van der Waals surface area contributed by atoms with Crippen molar-refractivity contribution in [3.63, 3.8) is 0 Å². The Bertz CT molecular complexity index is 486. The van der Waals surface area contributed by atoms with Crippen molar-refractivity contribution in [1.82, 2.24) is 0 Å². The zero-order chi connectivity index (χ0) is 19.4. The number of hydrogen-bond donors (Lipinski definition) is 1. The molecule has 0 aromatic carbocycles. The smallest absolute Gasteiger partial charge is 0.305 e. The molecule has 26 heavy (non-hydrogen) atoms. The van der Waals surface area contributed by atoms with E-state index in [1.54, 1.807) is 0 Å². The molecule has 1 fully saturated rings. The van der Waals surface area contributed by atoms with Gasteiger partial charge >= 0.3 is 5.97 Å². The Kier molecular flexibility index (Phi) is 11.6. The molecular formula is C21H34O4S. The molecule has 5 heteroatoms. The van der Waals surface area contributed by atoms with Crippen molar-refractivity contribution in [3.05, 3.63) is 12.2 Å². The summed E-state index contributed by atoms with van der Waals surface area (Å²) < 4.78 is 4.61. The predicted octanol–water partition coefficient (Wildman–Crippen LogP) is 4.71. The number of carbonyl (C=O) groups excluding carboxylic acids is 3. The molecule has 0 aliphatic heterocycles. The highest BCUT2D eigenvalue weighted by atomic mass is 32.1. The summed E-state index contributed by atoms with van der Waals surface area (Å²) in [5.41, 5.74) is 0. The standard InChI is InChI=1S/C21H34O4S/c1-3-4-7-10-16(22)13-14-18-17(19(23)15-20(18)26)11-8-5-6-9-12-21(24)25-2/h5,8,17-18,20,26H,3-4,6-7,9-15H2,1-2H3/b8-5-/t17-,18?,20?/m1/s1. The third-order valence-corrected chi connectivity index (χ3v) is 5.75. The molecule has 0 saturated heterocycles. The number of ketones is 2. The normalized spacial score (nSPS) is 22.9. The van der Waals surface area contributed by atoms with Gasteiger partial charge in [-0.2, -0.15) is 12.6 Å². The molecule has 0 aromatic heterocycles. The minimum absolute atomic E-state index is 0.0159. The van der Waals surface area contributed by atoms with Crippen LogP contribution in [0.2, 0.25) is 0 Å². The molecular weight excluding hydrogens is 348 g/mol. The first-order chi connectivity index (χ1) is 12.5. The molecule has 0 heterocycles. The molecule has 3 atom stereocenters. The van der Waals surface area contributed by atoms with Gasteiger partial charge in [-0.1, -0.05) is 31.9 Å². The molecule has 0 radical (unpaired) electrons. The first kappa shape index (κ1) is 22.9. The number of Topliss-reactive ketones (excluding diaryl/α,β-unsaturated/α-hetero) is 2. The van der Waals surface area contributed by atoms with Gasteiger partial charge in [0.1, 0.15) is 11.6 Å². The van der Waals surface area contributed by atoms with Gasteiger partial charge in [0.15, 0.2) is 0 Å². The second kappa shape index (κ2) is 13.1. The molecule has 2 unspecified atom stereocenters. The number of carbonyl (C=O) groups is 3. The van der Waals surface area contributed by atoms with Gasteiger partial charge in [-0.05, 0) is 38.0 Å². The highest BCUT2D eigenvalue weighted by Crippen LogP contribution is 2.38. The fourth-order valence-corrected chi connectivity index (χ4v) is 4.10. The van der Waals surface area contributed by atoms with Crippen LogP contribution in [0.25, 0.3) is 0 Å². The second-order valence-corrected chi connectivity index (χ2v) is 7.88. The molecule has 148 valence electrons. The number of thiol groups is 1. The zero-order valence-corrected chi connectivity index (χ0v) is 17.1. The molecule has 0 bridgehead atoms. The fourth-order valence-electron chi connectivity index (χ4n) is 3.57. The van der Waals surface area contributed by atoms with Crippen LogP contribution in [0.5, 0.6) is 0 Å². The SMILES string of the molecule is CCCCCC(=O)CCC1C(S)CC(=O)[C@@H]1C/C=C\CCCC(=O)OC. The summed E-state index contributed by atoms with van der Waals surface area (Å²) in [6.45, 7) is 2.13. The number of unbranched alkanes of at least 4 members (excludes halogenated alkanes) is 3. The maximum absolute atomic E-state index is 12.3. The maximum Gasteiger partial charge on any atom is 0.305 e. The van der Waals surface area contributed by atoms with Crippen LogP contribution in [0.15, 0.2) is 12.2 Å². The average Bonchev–Trinajstić information content (AvgIpc) is 2.89. The molecule has 1 aliphatic rings. The second-order valence-electron chi connectivity index (χ2n) is 7.22. The number of ether oxygens (including phenoxy) is 1. The summed E-state index contributed by atoms with van der Waals surface area (Å²) in [6.07, 6.45) is 12.5. The summed E-state index contributed by atoms with van der Waals surface area (Å²) in [6, 6.07) is 0. The Balaban J connectivity index is 2.38. The van der Waals surface area contributed by atoms with E-state index in [4.69, 9.17) is 0 Å². The first-order valence-electron chi connectivity index (χ1n) is 9.93. The van der Waals surface area contributed by atoms with Crippen LogP contribution in [0.1, 0.15) is 77.6 Å². The molecule has 0 amide bonds. The van der Waals surface area contributed by atoms with Crippen molar-refractivity contribution in [2.45, 2.75) is 82.8 Å². The Hall–Kier alpha value is -1.10. The van der Waals surface area contributed by atoms with E-state index in [1.165, 1.54) is 7.11 Å². The van der Waals surface area contributed by atoms with Gasteiger partial charge in [0.2, 0.25) is 0 Å². The lowest BCUT2D eigenvalue weighted by atomic mass is 9.87. The van der Waals surface area contributed by atoms with Gasteiger partial charge in [-0.25, -0.2) is 0 Å². The summed E-state index contributed by atoms with van der Waals surface area (Å²) in [7, 11) is 1.40. The van der Waals surface area contributed by atoms with Crippen LogP contribution < -0.4 is 0 Å². The summed E-state index contributed by atoms with van der Waals surface area (Å²) in [5, 5.41) is 0.0728. The van der Waals surface area contributed by atoms with Crippen LogP contribution in [0.3, 0.4) is 0 Å². The van der Waals surface area contributed by atoms with Crippen molar-refractivity contribution >= 4 is 30.2 Å². The van der Waals surface area contributed by atoms with Gasteiger partial charge < -0.3 is 4.74 Å². The summed E-state index contributed by atoms with van der Waals surface area (Å²) in [5.74, 6) is 0.576. The molecule has 0 aromatic rings. The van der Waals surface area contributed by atoms with Crippen LogP contribution in [0, 0.1) is 11.8 Å². The van der Waals surface area contributed by atoms with E-state index in [1.807, 2.05) is 12.2 Å². The monoisotopic (exact) mass is 382 g/mol. The Morgan fingerprint density at radius 2 is 1.92 bits per heavy atom. The van der Waals surface area contributed by atoms with Crippen molar-refractivity contribution < 1.29 is 19.1 Å². The van der Waals surface area contributed by atoms with Crippen LogP contribution in [-0.2, 0) is 19.1 Å². The zero-order valence-electron chi connectivity index (χ0n) is 16.2. The van der Waals surface area contributed by atoms with Crippen LogP contribution >= 0.6 is 12.6 Å². The lowest BCUT2D eigenvalue weighted by molar-refractivity contribution is -0.140. The molecule has 4 nitrogen and oxygen atoms in total. The van der Waals surface area contributed by atoms with Crippen molar-refractivity contribution in [2.24, 2.45) is 11.8 Å². The topological polar surface area (TPSA) is 60.4 Å². The molecule has 1 saturated carbocycles. The molecule has 0 spiro atoms. The third-order valence-electron chi connectivity index (χ3n) is 5.19. The fraction of sp³-hybridized carbons (Fsp3) is 0.762. The van der Waals surface area contributed by atoms with Crippen LogP contribution in [-0.4, -0.2) is 29.9 Å². The maximum atomic E-state index is 12.3. The van der Waals surface area contributed by atoms with Crippen LogP contribution in [0.4, 0.5) is 0 Å². The van der Waals surface area contributed by atoms with E-state index in [9.17, 15) is 14.4 Å². The van der Waals surface area contributed by atoms with Crippen molar-refractivity contribution in [1.29, 1.82) is 0 Å². The van der Waals surface area contributed by atoms with Gasteiger partial charge in [-0.15, -0.1) is 0 Å². The number of esters is 1. The predicted molar refractivity (Wildman–Crippen MR) is 107 cm³/mol. The quantitative estimate of drug-likeness (QED) is 0.217. The summed E-state index contributed by atoms with van der Waals surface area (Å²) in [4.78, 5) is 35.3. The number of hydrogen-bond acceptors (Lipinski definition) is 5. The van der Waals surface area contributed by atoms with Gasteiger partial charge in [0.25, 0.3) is 0 Å². The lowest BCUT2D eigenvalue weighted by Crippen LogP contribution is -2.19. The molecule has 0 N–H and O–H groups in total. The lowest BCUT2D eigenvalue weighted by Gasteiger charge is -2.20. The van der Waals surface area contributed by atoms with Crippen molar-refractivity contribution in [2.75, 3.05) is 7.11 Å². The van der Waals surface area contributed by atoms with E-state index in [-0.39, 0.29) is 28.8 Å². The van der Waals surface area contributed by atoms with Crippen molar-refractivity contribution in [3.8, 4) is 0 Å². The highest BCUT2D eigenvalue weighted by molar-refractivity contribution is 7.81. The number of rotatable bonds is 13. The molecule has 1 rings (SSSR count). The van der Waals surface area contributed by atoms with E-state index >= 15 is 0 Å². The minimum atomic E-state index is -0.189. The number of methoxy groups -OCH3 is 1. The first-order valence-corrected chi connectivity index (χ1v) is 10.5. The highest BCUT2D eigenvalue weighted by Gasteiger charge is 2.39. The minimum Gasteiger partial charge on any atom is -0.469 e. The Morgan fingerprint density at radius 3 is 2.62 bits per heavy atom. The van der Waals surface area contributed by atoms with E-state index in [0.717, 1.165) is 38.5 Å². The molecule has 1 aliphatic carbocycles. The van der Waals surface area contributed by atoms with E-state index < -0.39 is 0 Å². The largest absolute Gasteiger partial charge is 0.469 e.